The highest BCUT2D eigenvalue weighted by Gasteiger charge is 2.40. The van der Waals surface area contributed by atoms with Crippen LogP contribution in [0.25, 0.3) is 0 Å². The molecule has 1 aliphatic heterocycles. The Kier molecular flexibility index (Phi) is 4.78. The molecule has 0 spiro atoms. The summed E-state index contributed by atoms with van der Waals surface area (Å²) < 4.78 is 43.2. The summed E-state index contributed by atoms with van der Waals surface area (Å²) in [5.41, 5.74) is -0.911. The molecule has 132 valence electrons. The van der Waals surface area contributed by atoms with Gasteiger partial charge in [-0.25, -0.2) is 0 Å². The zero-order chi connectivity index (χ0) is 17.3. The first kappa shape index (κ1) is 17.2. The molecule has 1 aromatic rings. The predicted octanol–water partition coefficient (Wildman–Crippen LogP) is 2.10. The first-order chi connectivity index (χ1) is 11.4. The summed E-state index contributed by atoms with van der Waals surface area (Å²) in [5, 5.41) is 10.1. The minimum atomic E-state index is -4.53. The SMILES string of the molecule is O=C(c1ccc(C(F)(F)F)nc1)N1CCOC[C@@H]1[C@H]1CCC[C@H]1O. The van der Waals surface area contributed by atoms with Crippen LogP contribution in [-0.2, 0) is 10.9 Å². The summed E-state index contributed by atoms with van der Waals surface area (Å²) in [5.74, 6) is -0.430. The molecule has 1 amide bonds. The first-order valence-corrected chi connectivity index (χ1v) is 7.98. The number of halogens is 3. The van der Waals surface area contributed by atoms with Crippen LogP contribution >= 0.6 is 0 Å². The van der Waals surface area contributed by atoms with Crippen molar-refractivity contribution in [1.29, 1.82) is 0 Å². The van der Waals surface area contributed by atoms with Gasteiger partial charge in [0.1, 0.15) is 5.69 Å². The highest BCUT2D eigenvalue weighted by Crippen LogP contribution is 2.33. The third kappa shape index (κ3) is 3.39. The molecule has 2 fully saturated rings. The maximum atomic E-state index is 12.7. The van der Waals surface area contributed by atoms with Gasteiger partial charge in [0.25, 0.3) is 5.91 Å². The van der Waals surface area contributed by atoms with Gasteiger partial charge in [-0.1, -0.05) is 6.42 Å². The normalized spacial score (nSPS) is 28.2. The standard InChI is InChI=1S/C16H19F3N2O3/c17-16(18,19)14-5-4-10(8-20-14)15(23)21-6-7-24-9-12(21)11-2-1-3-13(11)22/h4-5,8,11-13,22H,1-3,6-7,9H2/t11-,12-,13-/m1/s1. The molecule has 3 atom stereocenters. The van der Waals surface area contributed by atoms with Crippen molar-refractivity contribution in [2.24, 2.45) is 5.92 Å². The number of rotatable bonds is 2. The second kappa shape index (κ2) is 6.68. The molecule has 0 unspecified atom stereocenters. The number of hydrogen-bond donors (Lipinski definition) is 1. The molecular formula is C16H19F3N2O3. The molecule has 8 heteroatoms. The molecule has 0 aromatic carbocycles. The number of aliphatic hydroxyl groups is 1. The van der Waals surface area contributed by atoms with Crippen LogP contribution in [0.4, 0.5) is 13.2 Å². The van der Waals surface area contributed by atoms with Crippen molar-refractivity contribution < 1.29 is 27.8 Å². The second-order valence-electron chi connectivity index (χ2n) is 6.23. The fourth-order valence-electron chi connectivity index (χ4n) is 3.50. The summed E-state index contributed by atoms with van der Waals surface area (Å²) >= 11 is 0. The Morgan fingerprint density at radius 2 is 2.12 bits per heavy atom. The number of alkyl halides is 3. The second-order valence-corrected chi connectivity index (χ2v) is 6.23. The molecular weight excluding hydrogens is 325 g/mol. The molecule has 1 saturated carbocycles. The maximum absolute atomic E-state index is 12.7. The maximum Gasteiger partial charge on any atom is 0.433 e. The topological polar surface area (TPSA) is 62.7 Å². The molecule has 1 aromatic heterocycles. The molecule has 5 nitrogen and oxygen atoms in total. The largest absolute Gasteiger partial charge is 0.433 e. The summed E-state index contributed by atoms with van der Waals surface area (Å²) in [6.07, 6.45) is -1.64. The van der Waals surface area contributed by atoms with E-state index in [1.165, 1.54) is 0 Å². The third-order valence-corrected chi connectivity index (χ3v) is 4.75. The van der Waals surface area contributed by atoms with Gasteiger partial charge in [-0.2, -0.15) is 13.2 Å². The van der Waals surface area contributed by atoms with Crippen LogP contribution in [0.1, 0.15) is 35.3 Å². The summed E-state index contributed by atoms with van der Waals surface area (Å²) in [6, 6.07) is 1.70. The Labute approximate surface area is 137 Å². The minimum Gasteiger partial charge on any atom is -0.393 e. The molecule has 1 N–H and O–H groups in total. The van der Waals surface area contributed by atoms with E-state index in [1.54, 1.807) is 4.90 Å². The van der Waals surface area contributed by atoms with Gasteiger partial charge >= 0.3 is 6.18 Å². The number of hydrogen-bond acceptors (Lipinski definition) is 4. The number of morpholine rings is 1. The first-order valence-electron chi connectivity index (χ1n) is 7.98. The van der Waals surface area contributed by atoms with Crippen LogP contribution in [0.3, 0.4) is 0 Å². The summed E-state index contributed by atoms with van der Waals surface area (Å²) in [4.78, 5) is 17.7. The van der Waals surface area contributed by atoms with Gasteiger partial charge in [-0.15, -0.1) is 0 Å². The van der Waals surface area contributed by atoms with Gasteiger partial charge < -0.3 is 14.7 Å². The zero-order valence-corrected chi connectivity index (χ0v) is 13.0. The minimum absolute atomic E-state index is 0.0587. The van der Waals surface area contributed by atoms with Crippen LogP contribution in [0.2, 0.25) is 0 Å². The highest BCUT2D eigenvalue weighted by molar-refractivity contribution is 5.94. The fourth-order valence-corrected chi connectivity index (χ4v) is 3.50. The molecule has 0 radical (unpaired) electrons. The molecule has 0 bridgehead atoms. The van der Waals surface area contributed by atoms with Crippen molar-refractivity contribution in [3.05, 3.63) is 29.6 Å². The Morgan fingerprint density at radius 3 is 2.71 bits per heavy atom. The Hall–Kier alpha value is -1.67. The van der Waals surface area contributed by atoms with Crippen molar-refractivity contribution in [2.45, 2.75) is 37.6 Å². The molecule has 24 heavy (non-hydrogen) atoms. The number of carbonyl (C=O) groups is 1. The van der Waals surface area contributed by atoms with E-state index in [0.29, 0.717) is 26.2 Å². The Morgan fingerprint density at radius 1 is 1.33 bits per heavy atom. The lowest BCUT2D eigenvalue weighted by Gasteiger charge is -2.40. The lowest BCUT2D eigenvalue weighted by Crippen LogP contribution is -2.53. The van der Waals surface area contributed by atoms with E-state index in [4.69, 9.17) is 4.74 Å². The predicted molar refractivity (Wildman–Crippen MR) is 78.2 cm³/mol. The highest BCUT2D eigenvalue weighted by atomic mass is 19.4. The van der Waals surface area contributed by atoms with Gasteiger partial charge in [0, 0.05) is 18.7 Å². The van der Waals surface area contributed by atoms with Crippen molar-refractivity contribution >= 4 is 5.91 Å². The lowest BCUT2D eigenvalue weighted by atomic mass is 9.94. The van der Waals surface area contributed by atoms with Gasteiger partial charge in [-0.05, 0) is 25.0 Å². The molecule has 1 aliphatic carbocycles. The molecule has 3 rings (SSSR count). The van der Waals surface area contributed by atoms with Crippen LogP contribution in [0.5, 0.6) is 0 Å². The molecule has 1 saturated heterocycles. The van der Waals surface area contributed by atoms with Gasteiger partial charge in [-0.3, -0.25) is 9.78 Å². The monoisotopic (exact) mass is 344 g/mol. The number of carbonyl (C=O) groups excluding carboxylic acids is 1. The molecule has 2 aliphatic rings. The van der Waals surface area contributed by atoms with Crippen LogP contribution in [0.15, 0.2) is 18.3 Å². The van der Waals surface area contributed by atoms with Crippen LogP contribution in [-0.4, -0.2) is 52.8 Å². The van der Waals surface area contributed by atoms with Crippen molar-refractivity contribution in [2.75, 3.05) is 19.8 Å². The molecule has 2 heterocycles. The average Bonchev–Trinajstić information content (AvgIpc) is 2.99. The van der Waals surface area contributed by atoms with E-state index in [0.717, 1.165) is 31.2 Å². The Balaban J connectivity index is 1.79. The van der Waals surface area contributed by atoms with Crippen molar-refractivity contribution in [3.63, 3.8) is 0 Å². The lowest BCUT2D eigenvalue weighted by molar-refractivity contribution is -0.141. The third-order valence-electron chi connectivity index (χ3n) is 4.75. The van der Waals surface area contributed by atoms with Crippen molar-refractivity contribution in [1.82, 2.24) is 9.88 Å². The average molecular weight is 344 g/mol. The number of pyridine rings is 1. The van der Waals surface area contributed by atoms with Crippen LogP contribution in [0, 0.1) is 5.92 Å². The number of aromatic nitrogens is 1. The number of nitrogens with zero attached hydrogens (tertiary/aromatic N) is 2. The smallest absolute Gasteiger partial charge is 0.393 e. The van der Waals surface area contributed by atoms with E-state index in [1.807, 2.05) is 0 Å². The summed E-state index contributed by atoms with van der Waals surface area (Å²) in [6.45, 7) is 1.06. The van der Waals surface area contributed by atoms with Gasteiger partial charge in [0.2, 0.25) is 0 Å². The van der Waals surface area contributed by atoms with E-state index >= 15 is 0 Å². The fraction of sp³-hybridized carbons (Fsp3) is 0.625. The van der Waals surface area contributed by atoms with E-state index < -0.39 is 18.0 Å². The van der Waals surface area contributed by atoms with Gasteiger partial charge in [0.15, 0.2) is 0 Å². The van der Waals surface area contributed by atoms with Crippen LogP contribution < -0.4 is 0 Å². The van der Waals surface area contributed by atoms with E-state index in [2.05, 4.69) is 4.98 Å². The summed E-state index contributed by atoms with van der Waals surface area (Å²) in [7, 11) is 0. The van der Waals surface area contributed by atoms with Crippen molar-refractivity contribution in [3.8, 4) is 0 Å². The van der Waals surface area contributed by atoms with Gasteiger partial charge in [0.05, 0.1) is 30.9 Å². The Bertz CT molecular complexity index is 591. The number of amides is 1. The van der Waals surface area contributed by atoms with E-state index in [-0.39, 0.29) is 23.4 Å². The number of ether oxygens (including phenoxy) is 1. The number of aliphatic hydroxyl groups excluding tert-OH is 1. The van der Waals surface area contributed by atoms with E-state index in [9.17, 15) is 23.1 Å². The zero-order valence-electron chi connectivity index (χ0n) is 13.0. The quantitative estimate of drug-likeness (QED) is 0.893.